The summed E-state index contributed by atoms with van der Waals surface area (Å²) in [6.45, 7) is 9.32. The summed E-state index contributed by atoms with van der Waals surface area (Å²) < 4.78 is 0. The van der Waals surface area contributed by atoms with E-state index in [4.69, 9.17) is 0 Å². The highest BCUT2D eigenvalue weighted by molar-refractivity contribution is 5.27. The Morgan fingerprint density at radius 2 is 1.90 bits per heavy atom. The van der Waals surface area contributed by atoms with Crippen LogP contribution in [-0.2, 0) is 0 Å². The Kier molecular flexibility index (Phi) is 5.65. The summed E-state index contributed by atoms with van der Waals surface area (Å²) in [7, 11) is 0. The molecule has 1 aromatic rings. The number of nitrogens with one attached hydrogen (secondary N) is 1. The molecule has 0 amide bonds. The molecule has 0 aromatic heterocycles. The van der Waals surface area contributed by atoms with Gasteiger partial charge < -0.3 is 5.32 Å². The average molecular weight is 273 g/mol. The molecule has 2 atom stereocenters. The maximum absolute atomic E-state index is 3.60. The predicted molar refractivity (Wildman–Crippen MR) is 88.3 cm³/mol. The molecule has 2 unspecified atom stereocenters. The van der Waals surface area contributed by atoms with Gasteiger partial charge in [-0.25, -0.2) is 0 Å². The second-order valence-corrected chi connectivity index (χ2v) is 6.88. The average Bonchev–Trinajstić information content (AvgIpc) is 2.45. The fourth-order valence-corrected chi connectivity index (χ4v) is 3.61. The standard InChI is InChI=1S/C19H31N/c1-4-5-6-7-12-19(3)13-14-20-15-18(19)17-10-8-16(2)9-11-17/h8-11,18,20H,4-7,12-15H2,1-3H3. The van der Waals surface area contributed by atoms with Crippen molar-refractivity contribution in [3.63, 3.8) is 0 Å². The molecular formula is C19H31N. The second kappa shape index (κ2) is 7.26. The van der Waals surface area contributed by atoms with Crippen LogP contribution in [0.3, 0.4) is 0 Å². The molecule has 1 aliphatic heterocycles. The minimum Gasteiger partial charge on any atom is -0.316 e. The van der Waals surface area contributed by atoms with E-state index in [0.29, 0.717) is 11.3 Å². The van der Waals surface area contributed by atoms with Crippen LogP contribution in [0.15, 0.2) is 24.3 Å². The van der Waals surface area contributed by atoms with Crippen LogP contribution in [0.5, 0.6) is 0 Å². The summed E-state index contributed by atoms with van der Waals surface area (Å²) >= 11 is 0. The third-order valence-electron chi connectivity index (χ3n) is 5.14. The summed E-state index contributed by atoms with van der Waals surface area (Å²) in [6.07, 6.45) is 8.22. The van der Waals surface area contributed by atoms with Crippen LogP contribution in [0.1, 0.15) is 69.4 Å². The topological polar surface area (TPSA) is 12.0 Å². The first kappa shape index (κ1) is 15.6. The van der Waals surface area contributed by atoms with Crippen molar-refractivity contribution in [3.05, 3.63) is 35.4 Å². The van der Waals surface area contributed by atoms with Crippen molar-refractivity contribution in [2.45, 2.75) is 65.2 Å². The lowest BCUT2D eigenvalue weighted by atomic mass is 9.66. The zero-order valence-electron chi connectivity index (χ0n) is 13.5. The van der Waals surface area contributed by atoms with Gasteiger partial charge in [-0.1, -0.05) is 69.4 Å². The van der Waals surface area contributed by atoms with Crippen LogP contribution in [0.4, 0.5) is 0 Å². The van der Waals surface area contributed by atoms with Gasteiger partial charge in [0.2, 0.25) is 0 Å². The fourth-order valence-electron chi connectivity index (χ4n) is 3.61. The highest BCUT2D eigenvalue weighted by Gasteiger charge is 2.36. The van der Waals surface area contributed by atoms with E-state index in [9.17, 15) is 0 Å². The number of unbranched alkanes of at least 4 members (excludes halogenated alkanes) is 3. The number of hydrogen-bond acceptors (Lipinski definition) is 1. The van der Waals surface area contributed by atoms with E-state index in [0.717, 1.165) is 6.54 Å². The van der Waals surface area contributed by atoms with Crippen molar-refractivity contribution in [2.75, 3.05) is 13.1 Å². The van der Waals surface area contributed by atoms with E-state index in [1.807, 2.05) is 0 Å². The minimum absolute atomic E-state index is 0.480. The summed E-state index contributed by atoms with van der Waals surface area (Å²) in [4.78, 5) is 0. The van der Waals surface area contributed by atoms with E-state index in [1.54, 1.807) is 0 Å². The SMILES string of the molecule is CCCCCCC1(C)CCNCC1c1ccc(C)cc1. The van der Waals surface area contributed by atoms with Crippen LogP contribution in [0.25, 0.3) is 0 Å². The Bertz CT molecular complexity index is 395. The molecule has 1 nitrogen and oxygen atoms in total. The van der Waals surface area contributed by atoms with Gasteiger partial charge in [-0.15, -0.1) is 0 Å². The third-order valence-corrected chi connectivity index (χ3v) is 5.14. The maximum Gasteiger partial charge on any atom is 0.00254 e. The lowest BCUT2D eigenvalue weighted by molar-refractivity contribution is 0.167. The quantitative estimate of drug-likeness (QED) is 0.715. The van der Waals surface area contributed by atoms with Gasteiger partial charge in [0.25, 0.3) is 0 Å². The molecule has 0 bridgehead atoms. The Balaban J connectivity index is 2.05. The predicted octanol–water partition coefficient (Wildman–Crippen LogP) is 5.05. The van der Waals surface area contributed by atoms with Crippen molar-refractivity contribution >= 4 is 0 Å². The van der Waals surface area contributed by atoms with Gasteiger partial charge in [0, 0.05) is 12.5 Å². The monoisotopic (exact) mass is 273 g/mol. The number of benzene rings is 1. The molecule has 1 fully saturated rings. The van der Waals surface area contributed by atoms with Crippen LogP contribution in [0, 0.1) is 12.3 Å². The van der Waals surface area contributed by atoms with Crippen molar-refractivity contribution in [2.24, 2.45) is 5.41 Å². The van der Waals surface area contributed by atoms with Crippen molar-refractivity contribution in [1.82, 2.24) is 5.32 Å². The van der Waals surface area contributed by atoms with E-state index in [2.05, 4.69) is 50.4 Å². The van der Waals surface area contributed by atoms with Gasteiger partial charge in [-0.2, -0.15) is 0 Å². The summed E-state index contributed by atoms with van der Waals surface area (Å²) in [6, 6.07) is 9.22. The third kappa shape index (κ3) is 3.85. The minimum atomic E-state index is 0.480. The Labute approximate surface area is 125 Å². The molecule has 0 spiro atoms. The molecule has 0 aliphatic carbocycles. The fraction of sp³-hybridized carbons (Fsp3) is 0.684. The lowest BCUT2D eigenvalue weighted by Crippen LogP contribution is -2.42. The zero-order valence-corrected chi connectivity index (χ0v) is 13.5. The summed E-state index contributed by atoms with van der Waals surface area (Å²) in [5.41, 5.74) is 3.37. The van der Waals surface area contributed by atoms with Crippen LogP contribution in [-0.4, -0.2) is 13.1 Å². The largest absolute Gasteiger partial charge is 0.316 e. The van der Waals surface area contributed by atoms with E-state index >= 15 is 0 Å². The number of piperidine rings is 1. The molecule has 0 radical (unpaired) electrons. The molecule has 1 N–H and O–H groups in total. The molecule has 1 aromatic carbocycles. The van der Waals surface area contributed by atoms with Crippen molar-refractivity contribution in [1.29, 1.82) is 0 Å². The normalized spacial score (nSPS) is 26.6. The highest BCUT2D eigenvalue weighted by Crippen LogP contribution is 2.44. The van der Waals surface area contributed by atoms with Crippen molar-refractivity contribution < 1.29 is 0 Å². The first-order valence-corrected chi connectivity index (χ1v) is 8.43. The second-order valence-electron chi connectivity index (χ2n) is 6.88. The highest BCUT2D eigenvalue weighted by atomic mass is 14.9. The smallest absolute Gasteiger partial charge is 0.00254 e. The summed E-state index contributed by atoms with van der Waals surface area (Å²) in [5.74, 6) is 0.679. The van der Waals surface area contributed by atoms with E-state index in [1.165, 1.54) is 56.2 Å². The van der Waals surface area contributed by atoms with Gasteiger partial charge in [-0.3, -0.25) is 0 Å². The van der Waals surface area contributed by atoms with Gasteiger partial charge in [0.05, 0.1) is 0 Å². The molecule has 1 heteroatoms. The van der Waals surface area contributed by atoms with Gasteiger partial charge in [-0.05, 0) is 37.3 Å². The molecule has 0 saturated carbocycles. The Morgan fingerprint density at radius 3 is 2.60 bits per heavy atom. The number of aryl methyl sites for hydroxylation is 1. The first-order chi connectivity index (χ1) is 9.65. The van der Waals surface area contributed by atoms with Crippen LogP contribution < -0.4 is 5.32 Å². The molecule has 1 aliphatic rings. The van der Waals surface area contributed by atoms with E-state index < -0.39 is 0 Å². The number of hydrogen-bond donors (Lipinski definition) is 1. The van der Waals surface area contributed by atoms with Crippen LogP contribution >= 0.6 is 0 Å². The molecule has 1 heterocycles. The molecule has 1 saturated heterocycles. The Morgan fingerprint density at radius 1 is 1.15 bits per heavy atom. The first-order valence-electron chi connectivity index (χ1n) is 8.43. The maximum atomic E-state index is 3.60. The van der Waals surface area contributed by atoms with Crippen LogP contribution in [0.2, 0.25) is 0 Å². The van der Waals surface area contributed by atoms with E-state index in [-0.39, 0.29) is 0 Å². The van der Waals surface area contributed by atoms with Gasteiger partial charge in [0.15, 0.2) is 0 Å². The molecule has 20 heavy (non-hydrogen) atoms. The molecular weight excluding hydrogens is 242 g/mol. The zero-order chi connectivity index (χ0) is 14.4. The lowest BCUT2D eigenvalue weighted by Gasteiger charge is -2.42. The van der Waals surface area contributed by atoms with Crippen molar-refractivity contribution in [3.8, 4) is 0 Å². The number of rotatable bonds is 6. The molecule has 112 valence electrons. The Hall–Kier alpha value is -0.820. The van der Waals surface area contributed by atoms with Gasteiger partial charge >= 0.3 is 0 Å². The molecule has 2 rings (SSSR count). The van der Waals surface area contributed by atoms with Gasteiger partial charge in [0.1, 0.15) is 0 Å². The summed E-state index contributed by atoms with van der Waals surface area (Å²) in [5, 5.41) is 3.60.